The average Bonchev–Trinajstić information content (AvgIpc) is 2.87. The predicted octanol–water partition coefficient (Wildman–Crippen LogP) is 5.72. The van der Waals surface area contributed by atoms with Crippen LogP contribution in [0.5, 0.6) is 23.0 Å². The molecule has 34 heavy (non-hydrogen) atoms. The number of benzene rings is 3. The Hall–Kier alpha value is -3.80. The van der Waals surface area contributed by atoms with Crippen LogP contribution in [0.2, 0.25) is 0 Å². The van der Waals surface area contributed by atoms with Gasteiger partial charge in [-0.3, -0.25) is 9.59 Å². The third-order valence-electron chi connectivity index (χ3n) is 6.33. The van der Waals surface area contributed by atoms with Crippen molar-refractivity contribution >= 4 is 12.6 Å². The van der Waals surface area contributed by atoms with Crippen molar-refractivity contribution < 1.29 is 28.5 Å². The third kappa shape index (κ3) is 5.06. The Morgan fingerprint density at radius 1 is 0.588 bits per heavy atom. The summed E-state index contributed by atoms with van der Waals surface area (Å²) < 4.78 is 22.9. The predicted molar refractivity (Wildman–Crippen MR) is 131 cm³/mol. The van der Waals surface area contributed by atoms with Gasteiger partial charge in [-0.25, -0.2) is 0 Å². The van der Waals surface area contributed by atoms with E-state index in [4.69, 9.17) is 18.9 Å². The van der Waals surface area contributed by atoms with Crippen LogP contribution in [0.3, 0.4) is 0 Å². The lowest BCUT2D eigenvalue weighted by atomic mass is 9.89. The number of hydrogen-bond acceptors (Lipinski definition) is 6. The lowest BCUT2D eigenvalue weighted by Crippen LogP contribution is -2.10. The summed E-state index contributed by atoms with van der Waals surface area (Å²) >= 11 is 0. The summed E-state index contributed by atoms with van der Waals surface area (Å²) in [7, 11) is 3.11. The quantitative estimate of drug-likeness (QED) is 0.359. The molecule has 0 saturated heterocycles. The minimum Gasteiger partial charge on any atom is -0.493 e. The molecular weight excluding hydrogens is 432 g/mol. The summed E-state index contributed by atoms with van der Waals surface area (Å²) in [5.74, 6) is 2.21. The highest BCUT2D eigenvalue weighted by atomic mass is 16.5. The van der Waals surface area contributed by atoms with Crippen LogP contribution in [0.1, 0.15) is 54.1 Å². The van der Waals surface area contributed by atoms with Crippen molar-refractivity contribution in [3.63, 3.8) is 0 Å². The van der Waals surface area contributed by atoms with Gasteiger partial charge in [0.05, 0.1) is 14.2 Å². The Morgan fingerprint density at radius 3 is 1.24 bits per heavy atom. The Bertz CT molecular complexity index is 1090. The van der Waals surface area contributed by atoms with Crippen molar-refractivity contribution in [3.8, 4) is 23.0 Å². The van der Waals surface area contributed by atoms with Gasteiger partial charge >= 0.3 is 0 Å². The largest absolute Gasteiger partial charge is 0.493 e. The molecule has 3 rings (SSSR count). The fraction of sp³-hybridized carbons (Fsp3) is 0.286. The van der Waals surface area contributed by atoms with Gasteiger partial charge < -0.3 is 18.9 Å². The standard InChI is InChI=1S/C28H30O6/c1-17-18(2)24(16-34-26-10-8-22(14-30)12-28(26)32-6)20(4)19(3)23(17)15-33-25-9-7-21(13-29)11-27(25)31-5/h7-14H,15-16H2,1-6H3. The van der Waals surface area contributed by atoms with Crippen LogP contribution >= 0.6 is 0 Å². The molecule has 0 N–H and O–H groups in total. The van der Waals surface area contributed by atoms with Gasteiger partial charge in [-0.15, -0.1) is 0 Å². The Kier molecular flexibility index (Phi) is 7.95. The molecule has 0 aliphatic carbocycles. The van der Waals surface area contributed by atoms with Crippen molar-refractivity contribution in [1.82, 2.24) is 0 Å². The topological polar surface area (TPSA) is 71.1 Å². The first-order valence-corrected chi connectivity index (χ1v) is 10.9. The minimum absolute atomic E-state index is 0.373. The smallest absolute Gasteiger partial charge is 0.161 e. The fourth-order valence-corrected chi connectivity index (χ4v) is 3.95. The zero-order valence-corrected chi connectivity index (χ0v) is 20.5. The Morgan fingerprint density at radius 2 is 0.941 bits per heavy atom. The third-order valence-corrected chi connectivity index (χ3v) is 6.33. The number of carbonyl (C=O) groups excluding carboxylic acids is 2. The number of carbonyl (C=O) groups is 2. The lowest BCUT2D eigenvalue weighted by Gasteiger charge is -2.22. The second-order valence-corrected chi connectivity index (χ2v) is 8.09. The summed E-state index contributed by atoms with van der Waals surface area (Å²) in [4.78, 5) is 22.1. The van der Waals surface area contributed by atoms with Crippen LogP contribution in [-0.2, 0) is 13.2 Å². The molecule has 0 amide bonds. The van der Waals surface area contributed by atoms with E-state index in [1.165, 1.54) is 0 Å². The molecule has 6 nitrogen and oxygen atoms in total. The first-order valence-electron chi connectivity index (χ1n) is 10.9. The van der Waals surface area contributed by atoms with Crippen molar-refractivity contribution in [1.29, 1.82) is 0 Å². The van der Waals surface area contributed by atoms with Crippen molar-refractivity contribution in [2.24, 2.45) is 0 Å². The molecule has 0 radical (unpaired) electrons. The normalized spacial score (nSPS) is 10.5. The molecule has 0 unspecified atom stereocenters. The molecule has 0 spiro atoms. The number of ether oxygens (including phenoxy) is 4. The monoisotopic (exact) mass is 462 g/mol. The molecular formula is C28H30O6. The summed E-state index contributed by atoms with van der Waals surface area (Å²) in [6.07, 6.45) is 1.56. The van der Waals surface area contributed by atoms with Crippen LogP contribution in [0.4, 0.5) is 0 Å². The van der Waals surface area contributed by atoms with E-state index < -0.39 is 0 Å². The van der Waals surface area contributed by atoms with Crippen molar-refractivity contribution in [2.45, 2.75) is 40.9 Å². The Labute approximate surface area is 200 Å². The van der Waals surface area contributed by atoms with E-state index in [2.05, 4.69) is 27.7 Å². The molecule has 178 valence electrons. The van der Waals surface area contributed by atoms with Gasteiger partial charge in [0.25, 0.3) is 0 Å². The molecule has 0 saturated carbocycles. The van der Waals surface area contributed by atoms with Crippen LogP contribution in [0, 0.1) is 27.7 Å². The number of aldehydes is 2. The molecule has 3 aromatic carbocycles. The van der Waals surface area contributed by atoms with Crippen LogP contribution in [-0.4, -0.2) is 26.8 Å². The zero-order chi connectivity index (χ0) is 24.8. The van der Waals surface area contributed by atoms with Gasteiger partial charge in [-0.05, 0) is 97.5 Å². The van der Waals surface area contributed by atoms with Gasteiger partial charge in [0.2, 0.25) is 0 Å². The molecule has 0 aliphatic heterocycles. The van der Waals surface area contributed by atoms with E-state index in [0.717, 1.165) is 46.0 Å². The van der Waals surface area contributed by atoms with E-state index in [0.29, 0.717) is 47.3 Å². The molecule has 0 aliphatic rings. The molecule has 0 bridgehead atoms. The van der Waals surface area contributed by atoms with Gasteiger partial charge in [0.1, 0.15) is 25.8 Å². The number of methoxy groups -OCH3 is 2. The average molecular weight is 463 g/mol. The molecule has 3 aromatic rings. The van der Waals surface area contributed by atoms with Crippen LogP contribution in [0.25, 0.3) is 0 Å². The number of hydrogen-bond donors (Lipinski definition) is 0. The maximum atomic E-state index is 11.0. The highest BCUT2D eigenvalue weighted by Gasteiger charge is 2.17. The van der Waals surface area contributed by atoms with E-state index >= 15 is 0 Å². The second kappa shape index (κ2) is 10.9. The van der Waals surface area contributed by atoms with Gasteiger partial charge in [-0.1, -0.05) is 0 Å². The SMILES string of the molecule is COc1cc(C=O)ccc1OCc1c(C)c(C)c(COc2ccc(C=O)cc2OC)c(C)c1C. The maximum absolute atomic E-state index is 11.0. The van der Waals surface area contributed by atoms with Gasteiger partial charge in [0.15, 0.2) is 23.0 Å². The van der Waals surface area contributed by atoms with Gasteiger partial charge in [0, 0.05) is 11.1 Å². The van der Waals surface area contributed by atoms with E-state index in [1.807, 2.05) is 0 Å². The van der Waals surface area contributed by atoms with Gasteiger partial charge in [-0.2, -0.15) is 0 Å². The second-order valence-electron chi connectivity index (χ2n) is 8.09. The van der Waals surface area contributed by atoms with Crippen LogP contribution < -0.4 is 18.9 Å². The summed E-state index contributed by atoms with van der Waals surface area (Å²) in [6.45, 7) is 9.06. The highest BCUT2D eigenvalue weighted by Crippen LogP contribution is 2.33. The molecule has 0 atom stereocenters. The van der Waals surface area contributed by atoms with E-state index in [-0.39, 0.29) is 0 Å². The van der Waals surface area contributed by atoms with Crippen LogP contribution in [0.15, 0.2) is 36.4 Å². The maximum Gasteiger partial charge on any atom is 0.161 e. The summed E-state index contributed by atoms with van der Waals surface area (Å²) in [6, 6.07) is 10.2. The summed E-state index contributed by atoms with van der Waals surface area (Å²) in [5, 5.41) is 0. The molecule has 0 fully saturated rings. The molecule has 0 heterocycles. The molecule has 6 heteroatoms. The first kappa shape index (κ1) is 24.8. The van der Waals surface area contributed by atoms with E-state index in [1.54, 1.807) is 50.6 Å². The first-order chi connectivity index (χ1) is 16.3. The van der Waals surface area contributed by atoms with Crippen molar-refractivity contribution in [3.05, 3.63) is 80.9 Å². The van der Waals surface area contributed by atoms with Crippen molar-refractivity contribution in [2.75, 3.05) is 14.2 Å². The highest BCUT2D eigenvalue weighted by molar-refractivity contribution is 5.77. The summed E-state index contributed by atoms with van der Waals surface area (Å²) in [5.41, 5.74) is 7.81. The minimum atomic E-state index is 0.373. The zero-order valence-electron chi connectivity index (χ0n) is 20.5. The Balaban J connectivity index is 1.85. The van der Waals surface area contributed by atoms with E-state index in [9.17, 15) is 9.59 Å². The fourth-order valence-electron chi connectivity index (χ4n) is 3.95. The molecule has 0 aromatic heterocycles. The lowest BCUT2D eigenvalue weighted by molar-refractivity contribution is 0.111. The number of rotatable bonds is 10.